The standard InChI is InChI=1S/C6H15ClO2Si/c1-6(8-5-9-7)10(2,3)4/h6H,5H2,1-4H3. The summed E-state index contributed by atoms with van der Waals surface area (Å²) in [5, 5.41) is 0. The van der Waals surface area contributed by atoms with Crippen LogP contribution in [0.3, 0.4) is 0 Å². The normalized spacial score (nSPS) is 15.3. The summed E-state index contributed by atoms with van der Waals surface area (Å²) < 4.78 is 9.54. The number of hydrogen-bond donors (Lipinski definition) is 0. The lowest BCUT2D eigenvalue weighted by atomic mass is 10.8. The lowest BCUT2D eigenvalue weighted by Crippen LogP contribution is -2.38. The number of ether oxygens (including phenoxy) is 1. The Kier molecular flexibility index (Phi) is 4.52. The maximum absolute atomic E-state index is 5.26. The van der Waals surface area contributed by atoms with E-state index in [4.69, 9.17) is 16.6 Å². The van der Waals surface area contributed by atoms with Crippen LogP contribution in [-0.4, -0.2) is 20.6 Å². The van der Waals surface area contributed by atoms with E-state index in [0.717, 1.165) is 0 Å². The minimum Gasteiger partial charge on any atom is -0.354 e. The van der Waals surface area contributed by atoms with E-state index in [9.17, 15) is 0 Å². The molecule has 0 N–H and O–H groups in total. The molecule has 0 heterocycles. The van der Waals surface area contributed by atoms with Gasteiger partial charge in [0.2, 0.25) is 0 Å². The Morgan fingerprint density at radius 1 is 1.40 bits per heavy atom. The van der Waals surface area contributed by atoms with Gasteiger partial charge in [0, 0.05) is 5.73 Å². The topological polar surface area (TPSA) is 18.5 Å². The highest BCUT2D eigenvalue weighted by molar-refractivity contribution is 6.77. The van der Waals surface area contributed by atoms with Crippen LogP contribution in [0.4, 0.5) is 0 Å². The molecule has 0 aromatic carbocycles. The summed E-state index contributed by atoms with van der Waals surface area (Å²) in [5.41, 5.74) is 0.297. The summed E-state index contributed by atoms with van der Waals surface area (Å²) in [5.74, 6) is 0. The molecule has 1 unspecified atom stereocenters. The van der Waals surface area contributed by atoms with Gasteiger partial charge in [-0.1, -0.05) is 19.6 Å². The summed E-state index contributed by atoms with van der Waals surface area (Å²) >= 11 is 4.99. The molecule has 2 nitrogen and oxygen atoms in total. The zero-order valence-corrected chi connectivity index (χ0v) is 8.73. The van der Waals surface area contributed by atoms with E-state index in [1.807, 2.05) is 0 Å². The first-order valence-corrected chi connectivity index (χ1v) is 7.22. The second-order valence-corrected chi connectivity index (χ2v) is 9.17. The van der Waals surface area contributed by atoms with Crippen molar-refractivity contribution in [1.82, 2.24) is 0 Å². The Balaban J connectivity index is 3.52. The van der Waals surface area contributed by atoms with Gasteiger partial charge in [-0.15, -0.1) is 0 Å². The van der Waals surface area contributed by atoms with Gasteiger partial charge in [-0.05, 0) is 6.92 Å². The first-order chi connectivity index (χ1) is 4.48. The van der Waals surface area contributed by atoms with Crippen molar-refractivity contribution >= 4 is 19.9 Å². The maximum Gasteiger partial charge on any atom is 0.166 e. The summed E-state index contributed by atoms with van der Waals surface area (Å²) in [4.78, 5) is 0. The molecule has 0 radical (unpaired) electrons. The molecular weight excluding hydrogens is 168 g/mol. The molecule has 0 aliphatic rings. The molecule has 1 atom stereocenters. The molecule has 0 aromatic heterocycles. The molecule has 10 heavy (non-hydrogen) atoms. The third-order valence-electron chi connectivity index (χ3n) is 1.58. The zero-order valence-electron chi connectivity index (χ0n) is 6.98. The van der Waals surface area contributed by atoms with Crippen LogP contribution in [0.15, 0.2) is 0 Å². The average molecular weight is 183 g/mol. The molecule has 0 aromatic rings. The van der Waals surface area contributed by atoms with Gasteiger partial charge < -0.3 is 4.74 Å². The van der Waals surface area contributed by atoms with E-state index in [1.54, 1.807) is 0 Å². The fraction of sp³-hybridized carbons (Fsp3) is 1.00. The van der Waals surface area contributed by atoms with Crippen molar-refractivity contribution in [1.29, 1.82) is 0 Å². The lowest BCUT2D eigenvalue weighted by molar-refractivity contribution is 0.00545. The van der Waals surface area contributed by atoms with Crippen LogP contribution in [0.1, 0.15) is 6.92 Å². The van der Waals surface area contributed by atoms with Crippen LogP contribution in [0, 0.1) is 0 Å². The highest BCUT2D eigenvalue weighted by atomic mass is 35.5. The largest absolute Gasteiger partial charge is 0.354 e. The van der Waals surface area contributed by atoms with Crippen LogP contribution in [0.25, 0.3) is 0 Å². The van der Waals surface area contributed by atoms with Gasteiger partial charge in [0.25, 0.3) is 0 Å². The van der Waals surface area contributed by atoms with Crippen molar-refractivity contribution in [3.8, 4) is 0 Å². The smallest absolute Gasteiger partial charge is 0.166 e. The van der Waals surface area contributed by atoms with Crippen molar-refractivity contribution in [3.63, 3.8) is 0 Å². The molecule has 0 spiro atoms. The van der Waals surface area contributed by atoms with Crippen LogP contribution in [-0.2, 0) is 9.03 Å². The first-order valence-electron chi connectivity index (χ1n) is 3.33. The van der Waals surface area contributed by atoms with Gasteiger partial charge in [0.1, 0.15) is 0 Å². The Morgan fingerprint density at radius 3 is 2.20 bits per heavy atom. The van der Waals surface area contributed by atoms with Crippen molar-refractivity contribution in [2.24, 2.45) is 0 Å². The summed E-state index contributed by atoms with van der Waals surface area (Å²) in [7, 11) is -1.16. The first kappa shape index (κ1) is 10.4. The third kappa shape index (κ3) is 4.28. The highest BCUT2D eigenvalue weighted by Crippen LogP contribution is 2.10. The summed E-state index contributed by atoms with van der Waals surface area (Å²) in [6.45, 7) is 8.97. The van der Waals surface area contributed by atoms with E-state index in [-0.39, 0.29) is 6.79 Å². The zero-order chi connectivity index (χ0) is 8.20. The van der Waals surface area contributed by atoms with Gasteiger partial charge in [0.15, 0.2) is 6.79 Å². The van der Waals surface area contributed by atoms with E-state index in [0.29, 0.717) is 5.73 Å². The monoisotopic (exact) mass is 182 g/mol. The predicted molar refractivity (Wildman–Crippen MR) is 45.7 cm³/mol. The SMILES string of the molecule is CC(OCOCl)[Si](C)(C)C. The highest BCUT2D eigenvalue weighted by Gasteiger charge is 2.22. The molecule has 0 fully saturated rings. The molecule has 0 aliphatic carbocycles. The van der Waals surface area contributed by atoms with Crippen molar-refractivity contribution in [3.05, 3.63) is 0 Å². The average Bonchev–Trinajstić information content (AvgIpc) is 1.80. The fourth-order valence-corrected chi connectivity index (χ4v) is 0.997. The van der Waals surface area contributed by atoms with Crippen LogP contribution >= 0.6 is 11.9 Å². The van der Waals surface area contributed by atoms with Crippen molar-refractivity contribution in [2.75, 3.05) is 6.79 Å². The van der Waals surface area contributed by atoms with E-state index >= 15 is 0 Å². The van der Waals surface area contributed by atoms with E-state index in [1.165, 1.54) is 0 Å². The van der Waals surface area contributed by atoms with Crippen LogP contribution in [0.5, 0.6) is 0 Å². The molecule has 0 aliphatic heterocycles. The Hall–Kier alpha value is 0.427. The second-order valence-electron chi connectivity index (χ2n) is 3.40. The third-order valence-corrected chi connectivity index (χ3v) is 4.28. The van der Waals surface area contributed by atoms with Crippen molar-refractivity contribution in [2.45, 2.75) is 32.3 Å². The molecule has 0 amide bonds. The molecule has 0 saturated heterocycles. The molecule has 0 bridgehead atoms. The minimum absolute atomic E-state index is 0.187. The van der Waals surface area contributed by atoms with Gasteiger partial charge in [-0.3, -0.25) is 4.29 Å². The Labute approximate surface area is 68.6 Å². The number of rotatable bonds is 4. The summed E-state index contributed by atoms with van der Waals surface area (Å²) in [6, 6.07) is 0. The Morgan fingerprint density at radius 2 is 1.90 bits per heavy atom. The predicted octanol–water partition coefficient (Wildman–Crippen LogP) is 2.40. The maximum atomic E-state index is 5.26. The van der Waals surface area contributed by atoms with E-state index in [2.05, 4.69) is 30.9 Å². The quantitative estimate of drug-likeness (QED) is 0.491. The van der Waals surface area contributed by atoms with Crippen molar-refractivity contribution < 1.29 is 9.03 Å². The number of halogens is 1. The second kappa shape index (κ2) is 4.33. The van der Waals surface area contributed by atoms with Gasteiger partial charge in [-0.25, -0.2) is 0 Å². The number of hydrogen-bond acceptors (Lipinski definition) is 2. The fourth-order valence-electron chi connectivity index (χ4n) is 0.378. The van der Waals surface area contributed by atoms with Crippen LogP contribution < -0.4 is 0 Å². The van der Waals surface area contributed by atoms with Gasteiger partial charge >= 0.3 is 0 Å². The Bertz CT molecular complexity index is 92.2. The summed E-state index contributed by atoms with van der Waals surface area (Å²) in [6.07, 6.45) is 0. The molecule has 62 valence electrons. The molecule has 0 saturated carbocycles. The lowest BCUT2D eigenvalue weighted by Gasteiger charge is -2.24. The minimum atomic E-state index is -1.16. The molecular formula is C6H15ClO2Si. The molecule has 0 rings (SSSR count). The molecule has 4 heteroatoms. The van der Waals surface area contributed by atoms with Crippen LogP contribution in [0.2, 0.25) is 19.6 Å². The van der Waals surface area contributed by atoms with E-state index < -0.39 is 8.07 Å². The van der Waals surface area contributed by atoms with Gasteiger partial charge in [-0.2, -0.15) is 0 Å². The van der Waals surface area contributed by atoms with Gasteiger partial charge in [0.05, 0.1) is 19.9 Å².